The third kappa shape index (κ3) is 3.05. The first-order valence-corrected chi connectivity index (χ1v) is 7.29. The third-order valence-corrected chi connectivity index (χ3v) is 3.95. The summed E-state index contributed by atoms with van der Waals surface area (Å²) in [7, 11) is 0. The number of benzene rings is 1. The van der Waals surface area contributed by atoms with Crippen LogP contribution in [0, 0.1) is 0 Å². The van der Waals surface area contributed by atoms with Crippen LogP contribution in [-0.4, -0.2) is 25.7 Å². The number of para-hydroxylation sites is 1. The molecule has 1 aliphatic rings. The van der Waals surface area contributed by atoms with Gasteiger partial charge in [0.2, 0.25) is 0 Å². The summed E-state index contributed by atoms with van der Waals surface area (Å²) in [6.45, 7) is 10.2. The SMILES string of the molecule is CCC1CCN(c2ccccc2C(C)C)CCN1. The van der Waals surface area contributed by atoms with Crippen LogP contribution in [-0.2, 0) is 0 Å². The summed E-state index contributed by atoms with van der Waals surface area (Å²) in [5.41, 5.74) is 2.92. The molecule has 0 bridgehead atoms. The molecule has 0 radical (unpaired) electrons. The van der Waals surface area contributed by atoms with Gasteiger partial charge in [0.15, 0.2) is 0 Å². The molecule has 1 saturated heterocycles. The molecule has 1 aromatic carbocycles. The summed E-state index contributed by atoms with van der Waals surface area (Å²) in [6.07, 6.45) is 2.49. The first-order valence-electron chi connectivity index (χ1n) is 7.29. The van der Waals surface area contributed by atoms with E-state index >= 15 is 0 Å². The molecular weight excluding hydrogens is 220 g/mol. The lowest BCUT2D eigenvalue weighted by atomic mass is 10.00. The number of nitrogens with one attached hydrogen (secondary N) is 1. The molecule has 1 aromatic rings. The van der Waals surface area contributed by atoms with Gasteiger partial charge in [0.05, 0.1) is 0 Å². The lowest BCUT2D eigenvalue weighted by Gasteiger charge is -2.26. The minimum absolute atomic E-state index is 0.597. The van der Waals surface area contributed by atoms with Crippen LogP contribution in [0.25, 0.3) is 0 Å². The van der Waals surface area contributed by atoms with Gasteiger partial charge in [-0.25, -0.2) is 0 Å². The summed E-state index contributed by atoms with van der Waals surface area (Å²) >= 11 is 0. The maximum absolute atomic E-state index is 3.64. The highest BCUT2D eigenvalue weighted by molar-refractivity contribution is 5.55. The van der Waals surface area contributed by atoms with E-state index in [0.717, 1.165) is 13.1 Å². The summed E-state index contributed by atoms with van der Waals surface area (Å²) < 4.78 is 0. The highest BCUT2D eigenvalue weighted by atomic mass is 15.2. The van der Waals surface area contributed by atoms with Gasteiger partial charge in [-0.05, 0) is 30.4 Å². The normalized spacial score (nSPS) is 21.1. The Morgan fingerprint density at radius 2 is 2.06 bits per heavy atom. The topological polar surface area (TPSA) is 15.3 Å². The number of anilines is 1. The number of hydrogen-bond donors (Lipinski definition) is 1. The summed E-state index contributed by atoms with van der Waals surface area (Å²) in [6, 6.07) is 9.57. The van der Waals surface area contributed by atoms with Crippen LogP contribution in [0.5, 0.6) is 0 Å². The molecule has 2 nitrogen and oxygen atoms in total. The van der Waals surface area contributed by atoms with Crippen molar-refractivity contribution in [2.75, 3.05) is 24.5 Å². The van der Waals surface area contributed by atoms with Crippen molar-refractivity contribution in [2.24, 2.45) is 0 Å². The van der Waals surface area contributed by atoms with E-state index in [1.807, 2.05) is 0 Å². The molecule has 1 fully saturated rings. The van der Waals surface area contributed by atoms with Crippen molar-refractivity contribution in [3.05, 3.63) is 29.8 Å². The van der Waals surface area contributed by atoms with Gasteiger partial charge in [-0.2, -0.15) is 0 Å². The fraction of sp³-hybridized carbons (Fsp3) is 0.625. The fourth-order valence-corrected chi connectivity index (χ4v) is 2.78. The zero-order valence-electron chi connectivity index (χ0n) is 11.9. The Kier molecular flexibility index (Phi) is 4.65. The molecule has 0 spiro atoms. The van der Waals surface area contributed by atoms with Crippen LogP contribution < -0.4 is 10.2 Å². The van der Waals surface area contributed by atoms with Crippen LogP contribution in [0.2, 0.25) is 0 Å². The van der Waals surface area contributed by atoms with Gasteiger partial charge >= 0.3 is 0 Å². The first kappa shape index (κ1) is 13.4. The Bertz CT molecular complexity index is 373. The average molecular weight is 246 g/mol. The van der Waals surface area contributed by atoms with Crippen molar-refractivity contribution in [1.29, 1.82) is 0 Å². The molecule has 0 amide bonds. The lowest BCUT2D eigenvalue weighted by Crippen LogP contribution is -2.30. The van der Waals surface area contributed by atoms with Crippen molar-refractivity contribution in [3.8, 4) is 0 Å². The Balaban J connectivity index is 2.16. The van der Waals surface area contributed by atoms with E-state index < -0.39 is 0 Å². The van der Waals surface area contributed by atoms with E-state index in [1.54, 1.807) is 0 Å². The second-order valence-electron chi connectivity index (χ2n) is 5.55. The zero-order valence-corrected chi connectivity index (χ0v) is 11.9. The Morgan fingerprint density at radius 1 is 1.28 bits per heavy atom. The summed E-state index contributed by atoms with van der Waals surface area (Å²) in [5.74, 6) is 0.597. The summed E-state index contributed by atoms with van der Waals surface area (Å²) in [4.78, 5) is 2.55. The van der Waals surface area contributed by atoms with E-state index in [0.29, 0.717) is 12.0 Å². The molecule has 1 heterocycles. The van der Waals surface area contributed by atoms with E-state index in [2.05, 4.69) is 55.3 Å². The van der Waals surface area contributed by atoms with E-state index in [9.17, 15) is 0 Å². The van der Waals surface area contributed by atoms with E-state index in [4.69, 9.17) is 0 Å². The van der Waals surface area contributed by atoms with Crippen molar-refractivity contribution in [1.82, 2.24) is 5.32 Å². The molecular formula is C16H26N2. The second-order valence-corrected chi connectivity index (χ2v) is 5.55. The van der Waals surface area contributed by atoms with Gasteiger partial charge in [0, 0.05) is 31.4 Å². The quantitative estimate of drug-likeness (QED) is 0.879. The lowest BCUT2D eigenvalue weighted by molar-refractivity contribution is 0.510. The standard InChI is InChI=1S/C16H26N2/c1-4-14-9-11-18(12-10-17-14)16-8-6-5-7-15(16)13(2)3/h5-8,13-14,17H,4,9-12H2,1-3H3. The summed E-state index contributed by atoms with van der Waals surface area (Å²) in [5, 5.41) is 3.64. The van der Waals surface area contributed by atoms with Crippen LogP contribution in [0.4, 0.5) is 5.69 Å². The van der Waals surface area contributed by atoms with Gasteiger partial charge < -0.3 is 10.2 Å². The Labute approximate surface area is 111 Å². The minimum Gasteiger partial charge on any atom is -0.370 e. The fourth-order valence-electron chi connectivity index (χ4n) is 2.78. The molecule has 1 aliphatic heterocycles. The van der Waals surface area contributed by atoms with E-state index in [-0.39, 0.29) is 0 Å². The highest BCUT2D eigenvalue weighted by Crippen LogP contribution is 2.27. The zero-order chi connectivity index (χ0) is 13.0. The molecule has 0 aliphatic carbocycles. The van der Waals surface area contributed by atoms with Crippen molar-refractivity contribution >= 4 is 5.69 Å². The molecule has 1 N–H and O–H groups in total. The predicted molar refractivity (Wildman–Crippen MR) is 79.4 cm³/mol. The monoisotopic (exact) mass is 246 g/mol. The Morgan fingerprint density at radius 3 is 2.78 bits per heavy atom. The highest BCUT2D eigenvalue weighted by Gasteiger charge is 2.17. The minimum atomic E-state index is 0.597. The number of rotatable bonds is 3. The molecule has 2 rings (SSSR count). The van der Waals surface area contributed by atoms with E-state index in [1.165, 1.54) is 30.6 Å². The first-order chi connectivity index (χ1) is 8.72. The Hall–Kier alpha value is -1.02. The molecule has 18 heavy (non-hydrogen) atoms. The van der Waals surface area contributed by atoms with Gasteiger partial charge in [0.25, 0.3) is 0 Å². The number of hydrogen-bond acceptors (Lipinski definition) is 2. The maximum atomic E-state index is 3.64. The predicted octanol–water partition coefficient (Wildman–Crippen LogP) is 3.39. The molecule has 2 heteroatoms. The van der Waals surface area contributed by atoms with Gasteiger partial charge in [-0.15, -0.1) is 0 Å². The molecule has 1 atom stereocenters. The number of nitrogens with zero attached hydrogens (tertiary/aromatic N) is 1. The largest absolute Gasteiger partial charge is 0.370 e. The van der Waals surface area contributed by atoms with Crippen molar-refractivity contribution in [3.63, 3.8) is 0 Å². The van der Waals surface area contributed by atoms with Crippen LogP contribution in [0.15, 0.2) is 24.3 Å². The molecule has 0 aromatic heterocycles. The van der Waals surface area contributed by atoms with Crippen LogP contribution >= 0.6 is 0 Å². The van der Waals surface area contributed by atoms with Gasteiger partial charge in [0.1, 0.15) is 0 Å². The third-order valence-electron chi connectivity index (χ3n) is 3.95. The average Bonchev–Trinajstić information content (AvgIpc) is 2.63. The maximum Gasteiger partial charge on any atom is 0.0401 e. The molecule has 0 saturated carbocycles. The van der Waals surface area contributed by atoms with Gasteiger partial charge in [-0.3, -0.25) is 0 Å². The van der Waals surface area contributed by atoms with Crippen molar-refractivity contribution < 1.29 is 0 Å². The molecule has 100 valence electrons. The smallest absolute Gasteiger partial charge is 0.0401 e. The molecule has 1 unspecified atom stereocenters. The second kappa shape index (κ2) is 6.24. The van der Waals surface area contributed by atoms with Crippen LogP contribution in [0.1, 0.15) is 45.1 Å². The van der Waals surface area contributed by atoms with Crippen molar-refractivity contribution in [2.45, 2.75) is 45.6 Å². The van der Waals surface area contributed by atoms with Crippen LogP contribution in [0.3, 0.4) is 0 Å². The van der Waals surface area contributed by atoms with Gasteiger partial charge in [-0.1, -0.05) is 39.0 Å².